The second-order valence-electron chi connectivity index (χ2n) is 10.3. The van der Waals surface area contributed by atoms with Gasteiger partial charge in [0, 0.05) is 18.8 Å². The molecule has 0 saturated carbocycles. The quantitative estimate of drug-likeness (QED) is 0.351. The van der Waals surface area contributed by atoms with Gasteiger partial charge in [0.15, 0.2) is 0 Å². The Bertz CT molecular complexity index is 1340. The third kappa shape index (κ3) is 7.12. The molecule has 208 valence electrons. The number of amides is 1. The SMILES string of the molecule is CCOc1ccc(N(CC(=O)NC(C)c2ccc(N3CCCC(C)C3)cc2)S(=O)(=O)c2ccc(C)cc2)cc1. The molecular weight excluding hydrogens is 510 g/mol. The molecule has 3 aromatic carbocycles. The Hall–Kier alpha value is -3.52. The molecule has 4 rings (SSSR count). The molecule has 1 aliphatic rings. The number of hydrogen-bond acceptors (Lipinski definition) is 5. The van der Waals surface area contributed by atoms with Gasteiger partial charge in [0.2, 0.25) is 5.91 Å². The van der Waals surface area contributed by atoms with Crippen molar-refractivity contribution < 1.29 is 17.9 Å². The van der Waals surface area contributed by atoms with Crippen molar-refractivity contribution in [2.24, 2.45) is 5.92 Å². The van der Waals surface area contributed by atoms with Crippen molar-refractivity contribution in [3.63, 3.8) is 0 Å². The van der Waals surface area contributed by atoms with E-state index in [9.17, 15) is 13.2 Å². The lowest BCUT2D eigenvalue weighted by molar-refractivity contribution is -0.120. The van der Waals surface area contributed by atoms with Crippen LogP contribution in [-0.2, 0) is 14.8 Å². The zero-order chi connectivity index (χ0) is 28.0. The minimum atomic E-state index is -3.99. The van der Waals surface area contributed by atoms with Crippen molar-refractivity contribution in [2.45, 2.75) is 51.5 Å². The number of rotatable bonds is 10. The third-order valence-electron chi connectivity index (χ3n) is 7.12. The molecule has 8 heteroatoms. The molecule has 3 aromatic rings. The predicted octanol–water partition coefficient (Wildman–Crippen LogP) is 5.70. The monoisotopic (exact) mass is 549 g/mol. The first-order valence-electron chi connectivity index (χ1n) is 13.6. The van der Waals surface area contributed by atoms with Gasteiger partial charge in [-0.2, -0.15) is 0 Å². The van der Waals surface area contributed by atoms with Crippen LogP contribution in [0, 0.1) is 12.8 Å². The molecule has 2 atom stereocenters. The van der Waals surface area contributed by atoms with Gasteiger partial charge in [-0.05, 0) is 93.6 Å². The molecule has 1 saturated heterocycles. The van der Waals surface area contributed by atoms with Crippen LogP contribution in [0.3, 0.4) is 0 Å². The van der Waals surface area contributed by atoms with Crippen LogP contribution in [0.1, 0.15) is 50.8 Å². The summed E-state index contributed by atoms with van der Waals surface area (Å²) >= 11 is 0. The summed E-state index contributed by atoms with van der Waals surface area (Å²) in [5, 5.41) is 2.98. The predicted molar refractivity (Wildman–Crippen MR) is 157 cm³/mol. The standard InChI is InChI=1S/C31H39N3O4S/c1-5-38-29-16-14-28(15-17-29)34(39(36,37)30-18-8-23(2)9-19-30)22-31(35)32-25(4)26-10-12-27(13-11-26)33-20-6-7-24(3)21-33/h8-19,24-25H,5-7,20-22H2,1-4H3,(H,32,35). The molecule has 1 heterocycles. The van der Waals surface area contributed by atoms with E-state index in [-0.39, 0.29) is 23.4 Å². The van der Waals surface area contributed by atoms with Gasteiger partial charge in [0.05, 0.1) is 23.2 Å². The third-order valence-corrected chi connectivity index (χ3v) is 8.91. The van der Waals surface area contributed by atoms with Gasteiger partial charge in [-0.25, -0.2) is 8.42 Å². The molecule has 1 amide bonds. The number of piperidine rings is 1. The van der Waals surface area contributed by atoms with Crippen LogP contribution in [0.15, 0.2) is 77.7 Å². The first-order chi connectivity index (χ1) is 18.7. The fourth-order valence-corrected chi connectivity index (χ4v) is 6.35. The smallest absolute Gasteiger partial charge is 0.264 e. The molecule has 1 aliphatic heterocycles. The summed E-state index contributed by atoms with van der Waals surface area (Å²) in [6.07, 6.45) is 2.47. The molecule has 7 nitrogen and oxygen atoms in total. The van der Waals surface area contributed by atoms with Crippen LogP contribution in [0.25, 0.3) is 0 Å². The van der Waals surface area contributed by atoms with E-state index in [1.807, 2.05) is 32.9 Å². The highest BCUT2D eigenvalue weighted by Crippen LogP contribution is 2.27. The molecule has 1 fully saturated rings. The van der Waals surface area contributed by atoms with Crippen molar-refractivity contribution in [1.29, 1.82) is 0 Å². The van der Waals surface area contributed by atoms with Crippen molar-refractivity contribution in [3.8, 4) is 5.75 Å². The topological polar surface area (TPSA) is 79.0 Å². The van der Waals surface area contributed by atoms with Gasteiger partial charge in [-0.3, -0.25) is 9.10 Å². The van der Waals surface area contributed by atoms with Crippen molar-refractivity contribution in [1.82, 2.24) is 5.32 Å². The molecule has 0 aliphatic carbocycles. The van der Waals surface area contributed by atoms with Crippen molar-refractivity contribution in [2.75, 3.05) is 35.4 Å². The van der Waals surface area contributed by atoms with E-state index in [0.717, 1.165) is 28.5 Å². The van der Waals surface area contributed by atoms with Gasteiger partial charge in [-0.15, -0.1) is 0 Å². The van der Waals surface area contributed by atoms with Crippen LogP contribution in [0.5, 0.6) is 5.75 Å². The number of carbonyl (C=O) groups excluding carboxylic acids is 1. The zero-order valence-electron chi connectivity index (χ0n) is 23.3. The number of hydrogen-bond donors (Lipinski definition) is 1. The van der Waals surface area contributed by atoms with Crippen LogP contribution in [0.2, 0.25) is 0 Å². The average molecular weight is 550 g/mol. The molecule has 1 N–H and O–H groups in total. The molecule has 0 aromatic heterocycles. The Morgan fingerprint density at radius 2 is 1.72 bits per heavy atom. The summed E-state index contributed by atoms with van der Waals surface area (Å²) < 4.78 is 34.0. The maximum absolute atomic E-state index is 13.7. The summed E-state index contributed by atoms with van der Waals surface area (Å²) in [4.78, 5) is 15.8. The number of sulfonamides is 1. The minimum Gasteiger partial charge on any atom is -0.494 e. The van der Waals surface area contributed by atoms with Crippen LogP contribution < -0.4 is 19.3 Å². The second kappa shape index (κ2) is 12.6. The van der Waals surface area contributed by atoms with Crippen LogP contribution in [0.4, 0.5) is 11.4 Å². The van der Waals surface area contributed by atoms with Crippen LogP contribution >= 0.6 is 0 Å². The number of nitrogens with one attached hydrogen (secondary N) is 1. The Morgan fingerprint density at radius 1 is 1.05 bits per heavy atom. The lowest BCUT2D eigenvalue weighted by Gasteiger charge is -2.33. The summed E-state index contributed by atoms with van der Waals surface area (Å²) in [5.74, 6) is 0.932. The fourth-order valence-electron chi connectivity index (χ4n) is 4.93. The van der Waals surface area contributed by atoms with E-state index < -0.39 is 10.0 Å². The van der Waals surface area contributed by atoms with Gasteiger partial charge in [-0.1, -0.05) is 36.8 Å². The van der Waals surface area contributed by atoms with E-state index >= 15 is 0 Å². The van der Waals surface area contributed by atoms with E-state index in [0.29, 0.717) is 24.0 Å². The first-order valence-corrected chi connectivity index (χ1v) is 15.1. The highest BCUT2D eigenvalue weighted by molar-refractivity contribution is 7.92. The fraction of sp³-hybridized carbons (Fsp3) is 0.387. The van der Waals surface area contributed by atoms with Crippen LogP contribution in [-0.4, -0.2) is 40.6 Å². The highest BCUT2D eigenvalue weighted by atomic mass is 32.2. The van der Waals surface area contributed by atoms with Gasteiger partial charge < -0.3 is 15.0 Å². The van der Waals surface area contributed by atoms with Crippen molar-refractivity contribution >= 4 is 27.3 Å². The molecule has 39 heavy (non-hydrogen) atoms. The van der Waals surface area contributed by atoms with E-state index in [1.54, 1.807) is 48.5 Å². The number of ether oxygens (including phenoxy) is 1. The first kappa shape index (κ1) is 28.5. The molecule has 2 unspecified atom stereocenters. The molecule has 0 spiro atoms. The maximum atomic E-state index is 13.7. The largest absolute Gasteiger partial charge is 0.494 e. The van der Waals surface area contributed by atoms with E-state index in [2.05, 4.69) is 29.3 Å². The molecule has 0 bridgehead atoms. The lowest BCUT2D eigenvalue weighted by atomic mass is 9.99. The summed E-state index contributed by atoms with van der Waals surface area (Å²) in [5.41, 5.74) is 3.50. The normalized spacial score (nSPS) is 16.4. The number of anilines is 2. The van der Waals surface area contributed by atoms with Gasteiger partial charge >= 0.3 is 0 Å². The Labute approximate surface area is 232 Å². The molecule has 0 radical (unpaired) electrons. The Balaban J connectivity index is 1.50. The van der Waals surface area contributed by atoms with Gasteiger partial charge in [0.1, 0.15) is 12.3 Å². The second-order valence-corrected chi connectivity index (χ2v) is 12.2. The minimum absolute atomic E-state index is 0.130. The number of aryl methyl sites for hydroxylation is 1. The van der Waals surface area contributed by atoms with Gasteiger partial charge in [0.25, 0.3) is 10.0 Å². The number of nitrogens with zero attached hydrogens (tertiary/aromatic N) is 2. The zero-order valence-corrected chi connectivity index (χ0v) is 24.1. The summed E-state index contributed by atoms with van der Waals surface area (Å²) in [7, 11) is -3.99. The Morgan fingerprint density at radius 3 is 2.33 bits per heavy atom. The van der Waals surface area contributed by atoms with E-state index in [1.165, 1.54) is 18.5 Å². The Kier molecular flexibility index (Phi) is 9.17. The summed E-state index contributed by atoms with van der Waals surface area (Å²) in [6, 6.07) is 21.4. The molecular formula is C31H39N3O4S. The number of carbonyl (C=O) groups is 1. The van der Waals surface area contributed by atoms with E-state index in [4.69, 9.17) is 4.74 Å². The maximum Gasteiger partial charge on any atom is 0.264 e. The highest BCUT2D eigenvalue weighted by Gasteiger charge is 2.28. The number of benzene rings is 3. The summed E-state index contributed by atoms with van der Waals surface area (Å²) in [6.45, 7) is 10.3. The lowest BCUT2D eigenvalue weighted by Crippen LogP contribution is -2.41. The average Bonchev–Trinajstić information content (AvgIpc) is 2.93. The van der Waals surface area contributed by atoms with Crippen molar-refractivity contribution in [3.05, 3.63) is 83.9 Å².